The van der Waals surface area contributed by atoms with Crippen molar-refractivity contribution in [3.05, 3.63) is 152 Å². The third kappa shape index (κ3) is 3.12. The number of aromatic nitrogens is 5. The number of pyridine rings is 2. The van der Waals surface area contributed by atoms with E-state index in [0.717, 1.165) is 60.8 Å². The fourth-order valence-electron chi connectivity index (χ4n) is 8.08. The van der Waals surface area contributed by atoms with Gasteiger partial charge in [-0.05, 0) is 54.6 Å². The zero-order chi connectivity index (χ0) is 30.6. The van der Waals surface area contributed by atoms with Crippen LogP contribution in [-0.4, -0.2) is 23.5 Å². The summed E-state index contributed by atoms with van der Waals surface area (Å²) in [5, 5.41) is 8.23. The molecular formula is C42H25N5. The first-order valence-electron chi connectivity index (χ1n) is 15.9. The number of hydrogen-bond donors (Lipinski definition) is 0. The van der Waals surface area contributed by atoms with E-state index in [1.807, 2.05) is 12.4 Å². The van der Waals surface area contributed by atoms with Crippen molar-refractivity contribution in [3.8, 4) is 11.4 Å². The third-order valence-electron chi connectivity index (χ3n) is 9.84. The molecule has 0 spiro atoms. The Hall–Kier alpha value is -6.46. The maximum Gasteiger partial charge on any atom is 0.147 e. The van der Waals surface area contributed by atoms with Gasteiger partial charge in [-0.25, -0.2) is 4.98 Å². The van der Waals surface area contributed by atoms with Crippen molar-refractivity contribution in [1.82, 2.24) is 23.5 Å². The summed E-state index contributed by atoms with van der Waals surface area (Å²) in [6.07, 6.45) is 3.94. The minimum absolute atomic E-state index is 0.952. The molecule has 11 aromatic rings. The number of rotatable bonds is 2. The lowest BCUT2D eigenvalue weighted by Gasteiger charge is -2.16. The predicted octanol–water partition coefficient (Wildman–Crippen LogP) is 10.4. The molecular weight excluding hydrogens is 574 g/mol. The molecule has 47 heavy (non-hydrogen) atoms. The lowest BCUT2D eigenvalue weighted by atomic mass is 9.97. The summed E-state index contributed by atoms with van der Waals surface area (Å²) in [6, 6.07) is 49.7. The van der Waals surface area contributed by atoms with Crippen LogP contribution < -0.4 is 0 Å². The molecule has 11 rings (SSSR count). The van der Waals surface area contributed by atoms with Crippen LogP contribution >= 0.6 is 0 Å². The van der Waals surface area contributed by atoms with Crippen LogP contribution in [0.2, 0.25) is 0 Å². The van der Waals surface area contributed by atoms with Gasteiger partial charge in [0.2, 0.25) is 0 Å². The van der Waals surface area contributed by atoms with Gasteiger partial charge in [0, 0.05) is 61.5 Å². The Bertz CT molecular complexity index is 3060. The van der Waals surface area contributed by atoms with E-state index in [9.17, 15) is 0 Å². The van der Waals surface area contributed by atoms with E-state index in [1.165, 1.54) is 32.6 Å². The number of fused-ring (bicyclic) bond motifs is 17. The summed E-state index contributed by atoms with van der Waals surface area (Å²) < 4.78 is 7.25. The van der Waals surface area contributed by atoms with Gasteiger partial charge in [-0.2, -0.15) is 0 Å². The summed E-state index contributed by atoms with van der Waals surface area (Å²) in [5.41, 5.74) is 11.0. The Morgan fingerprint density at radius 2 is 0.936 bits per heavy atom. The Kier molecular flexibility index (Phi) is 4.78. The molecule has 218 valence electrons. The highest BCUT2D eigenvalue weighted by Gasteiger charge is 2.28. The van der Waals surface area contributed by atoms with Crippen LogP contribution in [0.3, 0.4) is 0 Å². The van der Waals surface area contributed by atoms with Crippen molar-refractivity contribution in [2.75, 3.05) is 0 Å². The van der Waals surface area contributed by atoms with Gasteiger partial charge in [-0.15, -0.1) is 0 Å². The smallest absolute Gasteiger partial charge is 0.147 e. The Morgan fingerprint density at radius 1 is 0.404 bits per heavy atom. The minimum Gasteiger partial charge on any atom is -0.309 e. The highest BCUT2D eigenvalue weighted by Crippen LogP contribution is 2.49. The molecule has 5 nitrogen and oxygen atoms in total. The largest absolute Gasteiger partial charge is 0.309 e. The molecule has 0 saturated carbocycles. The summed E-state index contributed by atoms with van der Waals surface area (Å²) in [5.74, 6) is 0. The first-order chi connectivity index (χ1) is 23.4. The molecule has 0 fully saturated rings. The monoisotopic (exact) mass is 599 g/mol. The molecule has 5 heteroatoms. The highest BCUT2D eigenvalue weighted by molar-refractivity contribution is 6.42. The zero-order valence-corrected chi connectivity index (χ0v) is 25.2. The number of nitrogens with zero attached hydrogens (tertiary/aromatic N) is 5. The summed E-state index contributed by atoms with van der Waals surface area (Å²) in [7, 11) is 0. The predicted molar refractivity (Wildman–Crippen MR) is 194 cm³/mol. The average Bonchev–Trinajstić information content (AvgIpc) is 3.80. The Balaban J connectivity index is 1.59. The molecule has 0 radical (unpaired) electrons. The standard InChI is InChI=1S/C42H25N5/c1-3-13-26(14-4-1)45-32-20-10-7-17-28(32)36-39-37(30-25-43-24-23-34(30)47-35-22-12-9-19-31(35)44-42(39)47)41-38(40(36)45)29-18-8-11-21-33(29)46(41)27-15-5-2-6-16-27/h1-25H. The molecule has 0 amide bonds. The quantitative estimate of drug-likeness (QED) is 0.186. The highest BCUT2D eigenvalue weighted by atomic mass is 15.0. The molecule has 0 N–H and O–H groups in total. The van der Waals surface area contributed by atoms with Crippen molar-refractivity contribution < 1.29 is 0 Å². The zero-order valence-electron chi connectivity index (χ0n) is 25.2. The molecule has 6 aromatic carbocycles. The first-order valence-corrected chi connectivity index (χ1v) is 15.9. The van der Waals surface area contributed by atoms with Crippen LogP contribution in [-0.2, 0) is 0 Å². The maximum atomic E-state index is 5.42. The van der Waals surface area contributed by atoms with E-state index in [0.29, 0.717) is 0 Å². The summed E-state index contributed by atoms with van der Waals surface area (Å²) in [4.78, 5) is 10.2. The molecule has 0 aliphatic carbocycles. The lowest BCUT2D eigenvalue weighted by Crippen LogP contribution is -1.99. The summed E-state index contributed by atoms with van der Waals surface area (Å²) >= 11 is 0. The van der Waals surface area contributed by atoms with Gasteiger partial charge >= 0.3 is 0 Å². The number of benzene rings is 6. The minimum atomic E-state index is 0.952. The molecule has 0 atom stereocenters. The van der Waals surface area contributed by atoms with E-state index >= 15 is 0 Å². The van der Waals surface area contributed by atoms with Gasteiger partial charge in [0.1, 0.15) is 5.65 Å². The van der Waals surface area contributed by atoms with E-state index in [1.54, 1.807) is 0 Å². The molecule has 0 saturated heterocycles. The second-order valence-electron chi connectivity index (χ2n) is 12.2. The van der Waals surface area contributed by atoms with Crippen LogP contribution in [0.15, 0.2) is 152 Å². The Morgan fingerprint density at radius 3 is 1.60 bits per heavy atom. The van der Waals surface area contributed by atoms with E-state index in [-0.39, 0.29) is 0 Å². The van der Waals surface area contributed by atoms with Crippen molar-refractivity contribution in [3.63, 3.8) is 0 Å². The van der Waals surface area contributed by atoms with Crippen LogP contribution in [0.1, 0.15) is 0 Å². The first kappa shape index (κ1) is 24.8. The lowest BCUT2D eigenvalue weighted by molar-refractivity contribution is 1.18. The number of para-hydroxylation sites is 6. The molecule has 0 unspecified atom stereocenters. The number of imidazole rings is 1. The van der Waals surface area contributed by atoms with Gasteiger partial charge in [-0.1, -0.05) is 84.9 Å². The molecule has 0 bridgehead atoms. The van der Waals surface area contributed by atoms with Crippen LogP contribution in [0.4, 0.5) is 0 Å². The topological polar surface area (TPSA) is 40.1 Å². The van der Waals surface area contributed by atoms with Crippen molar-refractivity contribution in [2.24, 2.45) is 0 Å². The van der Waals surface area contributed by atoms with Gasteiger partial charge < -0.3 is 9.13 Å². The van der Waals surface area contributed by atoms with Gasteiger partial charge in [0.05, 0.1) is 38.6 Å². The maximum absolute atomic E-state index is 5.42. The molecule has 0 aliphatic rings. The van der Waals surface area contributed by atoms with Crippen LogP contribution in [0.25, 0.3) is 93.3 Å². The molecule has 5 heterocycles. The van der Waals surface area contributed by atoms with E-state index in [2.05, 4.69) is 153 Å². The number of hydrogen-bond acceptors (Lipinski definition) is 2. The second-order valence-corrected chi connectivity index (χ2v) is 12.2. The SMILES string of the molecule is c1ccc(-n2c3ccccc3c3c4c(c5cnccc5n5c6ccccc6nc45)c4c(c5ccccc5n4-c4ccccc4)c32)cc1. The Labute approximate surface area is 268 Å². The van der Waals surface area contributed by atoms with Gasteiger partial charge in [-0.3, -0.25) is 9.38 Å². The second kappa shape index (κ2) is 9.05. The van der Waals surface area contributed by atoms with Gasteiger partial charge in [0.25, 0.3) is 0 Å². The van der Waals surface area contributed by atoms with E-state index in [4.69, 9.17) is 9.97 Å². The summed E-state index contributed by atoms with van der Waals surface area (Å²) in [6.45, 7) is 0. The molecule has 0 aliphatic heterocycles. The van der Waals surface area contributed by atoms with Crippen LogP contribution in [0, 0.1) is 0 Å². The van der Waals surface area contributed by atoms with Crippen molar-refractivity contribution in [1.29, 1.82) is 0 Å². The van der Waals surface area contributed by atoms with E-state index < -0.39 is 0 Å². The fourth-order valence-corrected chi connectivity index (χ4v) is 8.08. The van der Waals surface area contributed by atoms with Crippen molar-refractivity contribution >= 4 is 82.0 Å². The third-order valence-corrected chi connectivity index (χ3v) is 9.84. The van der Waals surface area contributed by atoms with Crippen LogP contribution in [0.5, 0.6) is 0 Å². The molecule has 5 aromatic heterocycles. The average molecular weight is 600 g/mol. The van der Waals surface area contributed by atoms with Gasteiger partial charge in [0.15, 0.2) is 0 Å². The fraction of sp³-hybridized carbons (Fsp3) is 0. The van der Waals surface area contributed by atoms with Crippen molar-refractivity contribution in [2.45, 2.75) is 0 Å². The normalized spacial score (nSPS) is 12.3.